The van der Waals surface area contributed by atoms with E-state index in [2.05, 4.69) is 0 Å². The molecule has 1 aliphatic rings. The molecule has 1 fully saturated rings. The number of hydrogen-bond acceptors (Lipinski definition) is 3. The van der Waals surface area contributed by atoms with Crippen LogP contribution in [0.2, 0.25) is 0 Å². The van der Waals surface area contributed by atoms with Crippen LogP contribution < -0.4 is 0 Å². The van der Waals surface area contributed by atoms with E-state index in [4.69, 9.17) is 10.00 Å². The maximum Gasteiger partial charge on any atom is 0.327 e. The van der Waals surface area contributed by atoms with Crippen LogP contribution in [0.15, 0.2) is 0 Å². The zero-order chi connectivity index (χ0) is 9.41. The summed E-state index contributed by atoms with van der Waals surface area (Å²) in [6.07, 6.45) is 1.30. The van der Waals surface area contributed by atoms with E-state index in [0.717, 1.165) is 0 Å². The van der Waals surface area contributed by atoms with Gasteiger partial charge in [-0.15, -0.1) is 0 Å². The molecule has 0 N–H and O–H groups in total. The summed E-state index contributed by atoms with van der Waals surface area (Å²) in [7, 11) is 0. The van der Waals surface area contributed by atoms with Gasteiger partial charge in [-0.1, -0.05) is 0 Å². The Labute approximate surface area is 72.3 Å². The SMILES string of the molecule is CC(C)(C)OC(=O)C1(C#N)CC1. The highest BCUT2D eigenvalue weighted by Gasteiger charge is 2.53. The summed E-state index contributed by atoms with van der Waals surface area (Å²) in [4.78, 5) is 11.3. The average molecular weight is 167 g/mol. The number of nitrogens with zero attached hydrogens (tertiary/aromatic N) is 1. The molecule has 0 atom stereocenters. The Morgan fingerprint density at radius 2 is 2.00 bits per heavy atom. The highest BCUT2D eigenvalue weighted by atomic mass is 16.6. The molecule has 0 aliphatic heterocycles. The zero-order valence-corrected chi connectivity index (χ0v) is 7.68. The maximum absolute atomic E-state index is 11.3. The molecule has 0 spiro atoms. The fourth-order valence-corrected chi connectivity index (χ4v) is 0.862. The molecular formula is C9H13NO2. The topological polar surface area (TPSA) is 50.1 Å². The molecule has 3 heteroatoms. The van der Waals surface area contributed by atoms with Crippen LogP contribution in [-0.2, 0) is 9.53 Å². The van der Waals surface area contributed by atoms with Gasteiger partial charge in [0.2, 0.25) is 0 Å². The van der Waals surface area contributed by atoms with E-state index in [1.165, 1.54) is 0 Å². The van der Waals surface area contributed by atoms with Crippen molar-refractivity contribution < 1.29 is 9.53 Å². The van der Waals surface area contributed by atoms with Crippen LogP contribution in [0.4, 0.5) is 0 Å². The number of rotatable bonds is 1. The Morgan fingerprint density at radius 1 is 1.50 bits per heavy atom. The third kappa shape index (κ3) is 1.76. The first-order chi connectivity index (χ1) is 5.40. The second-order valence-electron chi connectivity index (χ2n) is 4.20. The lowest BCUT2D eigenvalue weighted by Crippen LogP contribution is -2.28. The molecule has 0 unspecified atom stereocenters. The Bertz CT molecular complexity index is 240. The molecule has 0 aromatic rings. The van der Waals surface area contributed by atoms with Gasteiger partial charge in [0.05, 0.1) is 6.07 Å². The molecule has 12 heavy (non-hydrogen) atoms. The molecule has 0 amide bonds. The van der Waals surface area contributed by atoms with Gasteiger partial charge in [0.15, 0.2) is 5.41 Å². The summed E-state index contributed by atoms with van der Waals surface area (Å²) in [5.41, 5.74) is -1.28. The van der Waals surface area contributed by atoms with E-state index in [1.54, 1.807) is 20.8 Å². The van der Waals surface area contributed by atoms with Gasteiger partial charge in [-0.3, -0.25) is 4.79 Å². The average Bonchev–Trinajstić information content (AvgIpc) is 2.62. The number of ether oxygens (including phenoxy) is 1. The van der Waals surface area contributed by atoms with Crippen molar-refractivity contribution in [2.45, 2.75) is 39.2 Å². The summed E-state index contributed by atoms with van der Waals surface area (Å²) >= 11 is 0. The number of carbonyl (C=O) groups excluding carboxylic acids is 1. The van der Waals surface area contributed by atoms with E-state index in [-0.39, 0.29) is 5.97 Å². The molecule has 1 aliphatic carbocycles. The van der Waals surface area contributed by atoms with Crippen molar-refractivity contribution in [2.24, 2.45) is 5.41 Å². The molecule has 0 radical (unpaired) electrons. The van der Waals surface area contributed by atoms with Gasteiger partial charge < -0.3 is 4.74 Å². The van der Waals surface area contributed by atoms with Gasteiger partial charge in [-0.05, 0) is 33.6 Å². The lowest BCUT2D eigenvalue weighted by molar-refractivity contribution is -0.159. The van der Waals surface area contributed by atoms with E-state index in [9.17, 15) is 4.79 Å². The lowest BCUT2D eigenvalue weighted by Gasteiger charge is -2.20. The fourth-order valence-electron chi connectivity index (χ4n) is 0.862. The van der Waals surface area contributed by atoms with Gasteiger partial charge in [0.1, 0.15) is 5.60 Å². The molecule has 3 nitrogen and oxygen atoms in total. The maximum atomic E-state index is 11.3. The van der Waals surface area contributed by atoms with Crippen molar-refractivity contribution in [3.05, 3.63) is 0 Å². The van der Waals surface area contributed by atoms with Gasteiger partial charge in [0, 0.05) is 0 Å². The van der Waals surface area contributed by atoms with Crippen LogP contribution in [0, 0.1) is 16.7 Å². The van der Waals surface area contributed by atoms with Gasteiger partial charge in [-0.25, -0.2) is 0 Å². The van der Waals surface area contributed by atoms with Crippen LogP contribution in [0.25, 0.3) is 0 Å². The molecule has 0 heterocycles. The van der Waals surface area contributed by atoms with Crippen molar-refractivity contribution in [1.29, 1.82) is 5.26 Å². The summed E-state index contributed by atoms with van der Waals surface area (Å²) < 4.78 is 5.09. The fraction of sp³-hybridized carbons (Fsp3) is 0.778. The Hall–Kier alpha value is -1.04. The first-order valence-electron chi connectivity index (χ1n) is 4.04. The Kier molecular flexibility index (Phi) is 1.87. The van der Waals surface area contributed by atoms with E-state index in [0.29, 0.717) is 12.8 Å². The Morgan fingerprint density at radius 3 is 2.25 bits per heavy atom. The van der Waals surface area contributed by atoms with E-state index in [1.807, 2.05) is 6.07 Å². The molecule has 66 valence electrons. The monoisotopic (exact) mass is 167 g/mol. The Balaban J connectivity index is 2.57. The number of carbonyl (C=O) groups is 1. The van der Waals surface area contributed by atoms with Crippen LogP contribution in [-0.4, -0.2) is 11.6 Å². The van der Waals surface area contributed by atoms with Crippen molar-refractivity contribution in [3.8, 4) is 6.07 Å². The third-order valence-electron chi connectivity index (χ3n) is 1.75. The highest BCUT2D eigenvalue weighted by Crippen LogP contribution is 2.46. The summed E-state index contributed by atoms with van der Waals surface area (Å²) in [6, 6.07) is 2.00. The van der Waals surface area contributed by atoms with Crippen LogP contribution >= 0.6 is 0 Å². The van der Waals surface area contributed by atoms with Gasteiger partial charge >= 0.3 is 5.97 Å². The van der Waals surface area contributed by atoms with Crippen LogP contribution in [0.1, 0.15) is 33.6 Å². The standard InChI is InChI=1S/C9H13NO2/c1-8(2,3)12-7(11)9(6-10)4-5-9/h4-5H2,1-3H3. The van der Waals surface area contributed by atoms with Crippen molar-refractivity contribution in [2.75, 3.05) is 0 Å². The van der Waals surface area contributed by atoms with Crippen LogP contribution in [0.5, 0.6) is 0 Å². The minimum atomic E-state index is -0.798. The number of hydrogen-bond donors (Lipinski definition) is 0. The van der Waals surface area contributed by atoms with Crippen LogP contribution in [0.3, 0.4) is 0 Å². The summed E-state index contributed by atoms with van der Waals surface area (Å²) in [5.74, 6) is -0.363. The lowest BCUT2D eigenvalue weighted by atomic mass is 10.1. The van der Waals surface area contributed by atoms with E-state index < -0.39 is 11.0 Å². The normalized spacial score (nSPS) is 19.5. The molecule has 0 aromatic heterocycles. The minimum absolute atomic E-state index is 0.363. The number of esters is 1. The van der Waals surface area contributed by atoms with E-state index >= 15 is 0 Å². The molecule has 0 saturated heterocycles. The summed E-state index contributed by atoms with van der Waals surface area (Å²) in [5, 5.41) is 8.67. The minimum Gasteiger partial charge on any atom is -0.459 e. The predicted octanol–water partition coefficient (Wildman–Crippen LogP) is 1.63. The molecular weight excluding hydrogens is 154 g/mol. The van der Waals surface area contributed by atoms with Crippen molar-refractivity contribution in [3.63, 3.8) is 0 Å². The third-order valence-corrected chi connectivity index (χ3v) is 1.75. The van der Waals surface area contributed by atoms with Crippen molar-refractivity contribution in [1.82, 2.24) is 0 Å². The summed E-state index contributed by atoms with van der Waals surface area (Å²) in [6.45, 7) is 5.41. The zero-order valence-electron chi connectivity index (χ0n) is 7.68. The van der Waals surface area contributed by atoms with Gasteiger partial charge in [0.25, 0.3) is 0 Å². The largest absolute Gasteiger partial charge is 0.459 e. The van der Waals surface area contributed by atoms with Crippen molar-refractivity contribution >= 4 is 5.97 Å². The first-order valence-corrected chi connectivity index (χ1v) is 4.04. The molecule has 0 bridgehead atoms. The molecule has 0 aromatic carbocycles. The first kappa shape index (κ1) is 9.05. The smallest absolute Gasteiger partial charge is 0.327 e. The highest BCUT2D eigenvalue weighted by molar-refractivity contribution is 5.83. The predicted molar refractivity (Wildman–Crippen MR) is 43.1 cm³/mol. The second kappa shape index (κ2) is 2.48. The van der Waals surface area contributed by atoms with Gasteiger partial charge in [-0.2, -0.15) is 5.26 Å². The molecule has 1 rings (SSSR count). The number of nitriles is 1. The molecule has 1 saturated carbocycles. The quantitative estimate of drug-likeness (QED) is 0.558. The second-order valence-corrected chi connectivity index (χ2v) is 4.20.